The van der Waals surface area contributed by atoms with Crippen LogP contribution in [0.25, 0.3) is 11.4 Å². The number of aromatic hydroxyl groups is 1. The SMILES string of the molecule is Cc1ccc(-c2noc(CCCN3CCN(c4ccccc4O)CC3)n2)cc1F. The van der Waals surface area contributed by atoms with Crippen molar-refractivity contribution in [3.05, 3.63) is 59.7 Å². The molecule has 3 aromatic rings. The van der Waals surface area contributed by atoms with Gasteiger partial charge in [-0.15, -0.1) is 0 Å². The number of anilines is 1. The van der Waals surface area contributed by atoms with Gasteiger partial charge in [0.1, 0.15) is 11.6 Å². The summed E-state index contributed by atoms with van der Waals surface area (Å²) in [5.74, 6) is 1.07. The van der Waals surface area contributed by atoms with Gasteiger partial charge >= 0.3 is 0 Å². The van der Waals surface area contributed by atoms with Crippen molar-refractivity contribution in [3.63, 3.8) is 0 Å². The first-order valence-electron chi connectivity index (χ1n) is 9.94. The molecule has 2 aromatic carbocycles. The number of aromatic nitrogens is 2. The number of rotatable bonds is 6. The van der Waals surface area contributed by atoms with E-state index in [9.17, 15) is 9.50 Å². The van der Waals surface area contributed by atoms with Crippen LogP contribution in [0.15, 0.2) is 47.0 Å². The molecule has 1 saturated heterocycles. The van der Waals surface area contributed by atoms with Crippen molar-refractivity contribution in [1.29, 1.82) is 0 Å². The maximum absolute atomic E-state index is 13.7. The predicted octanol–water partition coefficient (Wildman–Crippen LogP) is 3.64. The van der Waals surface area contributed by atoms with Gasteiger partial charge < -0.3 is 14.5 Å². The third-order valence-corrected chi connectivity index (χ3v) is 5.36. The van der Waals surface area contributed by atoms with E-state index in [1.807, 2.05) is 18.2 Å². The summed E-state index contributed by atoms with van der Waals surface area (Å²) in [6.07, 6.45) is 1.61. The minimum atomic E-state index is -0.267. The van der Waals surface area contributed by atoms with Crippen LogP contribution < -0.4 is 4.90 Å². The number of phenols is 1. The number of hydrogen-bond acceptors (Lipinski definition) is 6. The zero-order valence-electron chi connectivity index (χ0n) is 16.5. The smallest absolute Gasteiger partial charge is 0.227 e. The molecule has 29 heavy (non-hydrogen) atoms. The molecule has 4 rings (SSSR count). The van der Waals surface area contributed by atoms with Crippen molar-refractivity contribution in [1.82, 2.24) is 15.0 Å². The highest BCUT2D eigenvalue weighted by atomic mass is 19.1. The molecular formula is C22H25FN4O2. The molecule has 1 fully saturated rings. The molecule has 0 atom stereocenters. The maximum Gasteiger partial charge on any atom is 0.227 e. The van der Waals surface area contributed by atoms with Crippen LogP contribution in [0.4, 0.5) is 10.1 Å². The van der Waals surface area contributed by atoms with E-state index in [-0.39, 0.29) is 5.82 Å². The van der Waals surface area contributed by atoms with Crippen LogP contribution in [-0.4, -0.2) is 52.9 Å². The highest BCUT2D eigenvalue weighted by Crippen LogP contribution is 2.27. The second kappa shape index (κ2) is 8.61. The summed E-state index contributed by atoms with van der Waals surface area (Å²) in [6, 6.07) is 12.4. The fraction of sp³-hybridized carbons (Fsp3) is 0.364. The second-order valence-electron chi connectivity index (χ2n) is 7.40. The zero-order valence-corrected chi connectivity index (χ0v) is 16.5. The third-order valence-electron chi connectivity index (χ3n) is 5.36. The molecule has 1 aliphatic rings. The van der Waals surface area contributed by atoms with E-state index in [0.717, 1.165) is 44.8 Å². The topological polar surface area (TPSA) is 65.6 Å². The quantitative estimate of drug-likeness (QED) is 0.686. The lowest BCUT2D eigenvalue weighted by Gasteiger charge is -2.36. The van der Waals surface area contributed by atoms with Crippen molar-refractivity contribution < 1.29 is 14.0 Å². The van der Waals surface area contributed by atoms with Gasteiger partial charge in [0.2, 0.25) is 11.7 Å². The number of hydrogen-bond donors (Lipinski definition) is 1. The van der Waals surface area contributed by atoms with Gasteiger partial charge in [-0.3, -0.25) is 4.90 Å². The van der Waals surface area contributed by atoms with Crippen LogP contribution in [0.3, 0.4) is 0 Å². The van der Waals surface area contributed by atoms with E-state index < -0.39 is 0 Å². The van der Waals surface area contributed by atoms with E-state index in [2.05, 4.69) is 19.9 Å². The van der Waals surface area contributed by atoms with Crippen molar-refractivity contribution in [3.8, 4) is 17.1 Å². The number of para-hydroxylation sites is 2. The molecule has 6 nitrogen and oxygen atoms in total. The molecule has 152 valence electrons. The summed E-state index contributed by atoms with van der Waals surface area (Å²) in [7, 11) is 0. The molecule has 0 aliphatic carbocycles. The molecule has 7 heteroatoms. The summed E-state index contributed by atoms with van der Waals surface area (Å²) in [4.78, 5) is 9.02. The van der Waals surface area contributed by atoms with Gasteiger partial charge in [-0.2, -0.15) is 4.98 Å². The Kier molecular flexibility index (Phi) is 5.76. The second-order valence-corrected chi connectivity index (χ2v) is 7.40. The molecule has 0 spiro atoms. The molecule has 1 aliphatic heterocycles. The molecule has 1 aromatic heterocycles. The summed E-state index contributed by atoms with van der Waals surface area (Å²) >= 11 is 0. The lowest BCUT2D eigenvalue weighted by atomic mass is 10.1. The van der Waals surface area contributed by atoms with E-state index in [1.165, 1.54) is 6.07 Å². The van der Waals surface area contributed by atoms with E-state index >= 15 is 0 Å². The number of benzene rings is 2. The lowest BCUT2D eigenvalue weighted by molar-refractivity contribution is 0.250. The molecule has 1 N–H and O–H groups in total. The van der Waals surface area contributed by atoms with Gasteiger partial charge in [-0.25, -0.2) is 4.39 Å². The van der Waals surface area contributed by atoms with E-state index in [4.69, 9.17) is 4.52 Å². The van der Waals surface area contributed by atoms with Gasteiger partial charge in [0.15, 0.2) is 0 Å². The van der Waals surface area contributed by atoms with Crippen molar-refractivity contribution >= 4 is 5.69 Å². The Morgan fingerprint density at radius 2 is 1.90 bits per heavy atom. The third kappa shape index (κ3) is 4.56. The van der Waals surface area contributed by atoms with Crippen LogP contribution in [0, 0.1) is 12.7 Å². The molecule has 0 saturated carbocycles. The summed E-state index contributed by atoms with van der Waals surface area (Å²) in [5.41, 5.74) is 2.13. The first-order chi connectivity index (χ1) is 14.1. The van der Waals surface area contributed by atoms with Gasteiger partial charge in [0.25, 0.3) is 0 Å². The first-order valence-corrected chi connectivity index (χ1v) is 9.94. The number of halogens is 1. The van der Waals surface area contributed by atoms with E-state index in [0.29, 0.717) is 35.0 Å². The predicted molar refractivity (Wildman–Crippen MR) is 110 cm³/mol. The highest BCUT2D eigenvalue weighted by molar-refractivity contribution is 5.58. The van der Waals surface area contributed by atoms with Gasteiger partial charge in [0.05, 0.1) is 5.69 Å². The Morgan fingerprint density at radius 3 is 2.66 bits per heavy atom. The van der Waals surface area contributed by atoms with Crippen molar-refractivity contribution in [2.75, 3.05) is 37.6 Å². The summed E-state index contributed by atoms with van der Waals surface area (Å²) in [6.45, 7) is 6.36. The standard InChI is InChI=1S/C22H25FN4O2/c1-16-8-9-17(15-18(16)23)22-24-21(29-25-22)7-4-10-26-11-13-27(14-12-26)19-5-2-3-6-20(19)28/h2-3,5-6,8-9,15,28H,4,7,10-14H2,1H3. The number of phenolic OH excluding ortho intramolecular Hbond substituents is 1. The fourth-order valence-corrected chi connectivity index (χ4v) is 3.60. The van der Waals surface area contributed by atoms with Crippen LogP contribution in [0.2, 0.25) is 0 Å². The molecule has 0 bridgehead atoms. The maximum atomic E-state index is 13.7. The summed E-state index contributed by atoms with van der Waals surface area (Å²) in [5, 5.41) is 14.0. The van der Waals surface area contributed by atoms with Gasteiger partial charge in [-0.05, 0) is 43.7 Å². The molecule has 0 unspecified atom stereocenters. The minimum Gasteiger partial charge on any atom is -0.506 e. The average molecular weight is 396 g/mol. The molecule has 0 amide bonds. The molecule has 0 radical (unpaired) electrons. The Labute approximate surface area is 169 Å². The summed E-state index contributed by atoms with van der Waals surface area (Å²) < 4.78 is 19.1. The Bertz CT molecular complexity index is 967. The van der Waals surface area contributed by atoms with Crippen LogP contribution in [-0.2, 0) is 6.42 Å². The fourth-order valence-electron chi connectivity index (χ4n) is 3.60. The number of aryl methyl sites for hydroxylation is 2. The monoisotopic (exact) mass is 396 g/mol. The zero-order chi connectivity index (χ0) is 20.2. The first kappa shape index (κ1) is 19.4. The molecular weight excluding hydrogens is 371 g/mol. The van der Waals surface area contributed by atoms with Crippen LogP contribution in [0.5, 0.6) is 5.75 Å². The Hall–Kier alpha value is -2.93. The van der Waals surface area contributed by atoms with Crippen molar-refractivity contribution in [2.24, 2.45) is 0 Å². The molecule has 2 heterocycles. The van der Waals surface area contributed by atoms with Crippen LogP contribution >= 0.6 is 0 Å². The van der Waals surface area contributed by atoms with Gasteiger partial charge in [0, 0.05) is 38.2 Å². The Balaban J connectivity index is 1.25. The Morgan fingerprint density at radius 1 is 1.10 bits per heavy atom. The van der Waals surface area contributed by atoms with Crippen molar-refractivity contribution in [2.45, 2.75) is 19.8 Å². The lowest BCUT2D eigenvalue weighted by Crippen LogP contribution is -2.46. The highest BCUT2D eigenvalue weighted by Gasteiger charge is 2.19. The minimum absolute atomic E-state index is 0.267. The number of nitrogens with zero attached hydrogens (tertiary/aromatic N) is 4. The number of piperazine rings is 1. The van der Waals surface area contributed by atoms with Gasteiger partial charge in [-0.1, -0.05) is 29.4 Å². The normalized spacial score (nSPS) is 15.0. The average Bonchev–Trinajstić information content (AvgIpc) is 3.20. The van der Waals surface area contributed by atoms with E-state index in [1.54, 1.807) is 25.1 Å². The van der Waals surface area contributed by atoms with Crippen LogP contribution in [0.1, 0.15) is 17.9 Å². The largest absolute Gasteiger partial charge is 0.506 e.